The van der Waals surface area contributed by atoms with Crippen LogP contribution in [-0.2, 0) is 16.1 Å². The van der Waals surface area contributed by atoms with E-state index in [4.69, 9.17) is 0 Å². The Kier molecular flexibility index (Phi) is 4.96. The second-order valence-electron chi connectivity index (χ2n) is 6.93. The van der Waals surface area contributed by atoms with E-state index in [0.29, 0.717) is 16.7 Å². The van der Waals surface area contributed by atoms with Crippen LogP contribution in [0.2, 0.25) is 0 Å². The molecule has 0 aromatic heterocycles. The second-order valence-corrected chi connectivity index (χ2v) is 6.93. The van der Waals surface area contributed by atoms with Crippen LogP contribution in [0.15, 0.2) is 84.6 Å². The topological polar surface area (TPSA) is 49.4 Å². The highest BCUT2D eigenvalue weighted by atomic mass is 19.1. The van der Waals surface area contributed by atoms with Crippen LogP contribution in [0.5, 0.6) is 0 Å². The first-order valence-corrected chi connectivity index (χ1v) is 9.27. The summed E-state index contributed by atoms with van der Waals surface area (Å²) < 4.78 is 13.2. The summed E-state index contributed by atoms with van der Waals surface area (Å²) in [6, 6.07) is 22.5. The molecule has 5 heteroatoms. The monoisotopic (exact) mass is 386 g/mol. The maximum atomic E-state index is 13.2. The van der Waals surface area contributed by atoms with Crippen molar-refractivity contribution in [2.24, 2.45) is 0 Å². The Hall–Kier alpha value is -3.73. The van der Waals surface area contributed by atoms with Crippen LogP contribution in [0, 0.1) is 12.7 Å². The maximum Gasteiger partial charge on any atom is 0.278 e. The zero-order valence-electron chi connectivity index (χ0n) is 15.9. The van der Waals surface area contributed by atoms with Gasteiger partial charge in [-0.3, -0.25) is 14.5 Å². The predicted molar refractivity (Wildman–Crippen MR) is 110 cm³/mol. The number of hydrogen-bond acceptors (Lipinski definition) is 3. The Labute approximate surface area is 168 Å². The highest BCUT2D eigenvalue weighted by Gasteiger charge is 2.39. The molecule has 1 aliphatic rings. The van der Waals surface area contributed by atoms with Gasteiger partial charge in [-0.25, -0.2) is 4.39 Å². The summed E-state index contributed by atoms with van der Waals surface area (Å²) in [5.74, 6) is -1.14. The molecule has 1 aliphatic heterocycles. The van der Waals surface area contributed by atoms with Crippen molar-refractivity contribution in [3.63, 3.8) is 0 Å². The minimum absolute atomic E-state index is 0.0767. The van der Waals surface area contributed by atoms with Gasteiger partial charge >= 0.3 is 0 Å². The summed E-state index contributed by atoms with van der Waals surface area (Å²) in [5, 5.41) is 3.13. The summed E-state index contributed by atoms with van der Waals surface area (Å²) in [6.07, 6.45) is 0. The Morgan fingerprint density at radius 1 is 0.828 bits per heavy atom. The molecular weight excluding hydrogens is 367 g/mol. The van der Waals surface area contributed by atoms with Gasteiger partial charge in [0.1, 0.15) is 11.5 Å². The number of rotatable bonds is 5. The van der Waals surface area contributed by atoms with Crippen LogP contribution in [0.1, 0.15) is 16.7 Å². The van der Waals surface area contributed by atoms with Crippen molar-refractivity contribution in [1.82, 2.24) is 4.90 Å². The van der Waals surface area contributed by atoms with Gasteiger partial charge in [0, 0.05) is 5.69 Å². The minimum Gasteiger partial charge on any atom is -0.350 e. The normalized spacial score (nSPS) is 13.9. The highest BCUT2D eigenvalue weighted by Crippen LogP contribution is 2.31. The Morgan fingerprint density at radius 3 is 2.14 bits per heavy atom. The van der Waals surface area contributed by atoms with Gasteiger partial charge in [-0.1, -0.05) is 60.2 Å². The molecule has 4 nitrogen and oxygen atoms in total. The van der Waals surface area contributed by atoms with Crippen molar-refractivity contribution in [3.8, 4) is 0 Å². The summed E-state index contributed by atoms with van der Waals surface area (Å²) in [4.78, 5) is 27.5. The fraction of sp³-hybridized carbons (Fsp3) is 0.0833. The van der Waals surface area contributed by atoms with E-state index in [0.717, 1.165) is 11.3 Å². The summed E-state index contributed by atoms with van der Waals surface area (Å²) in [6.45, 7) is 2.06. The van der Waals surface area contributed by atoms with Crippen molar-refractivity contribution < 1.29 is 14.0 Å². The van der Waals surface area contributed by atoms with Gasteiger partial charge in [-0.2, -0.15) is 0 Å². The predicted octanol–water partition coefficient (Wildman–Crippen LogP) is 4.53. The van der Waals surface area contributed by atoms with E-state index < -0.39 is 5.91 Å². The number of imide groups is 1. The average molecular weight is 386 g/mol. The van der Waals surface area contributed by atoms with E-state index in [-0.39, 0.29) is 24.0 Å². The number of carbonyl (C=O) groups is 2. The van der Waals surface area contributed by atoms with Crippen molar-refractivity contribution in [2.75, 3.05) is 5.32 Å². The second kappa shape index (κ2) is 7.72. The molecule has 0 fully saturated rings. The number of nitrogens with one attached hydrogen (secondary N) is 1. The molecule has 0 saturated heterocycles. The first-order chi connectivity index (χ1) is 14.0. The van der Waals surface area contributed by atoms with Crippen LogP contribution in [0.3, 0.4) is 0 Å². The lowest BCUT2D eigenvalue weighted by molar-refractivity contribution is -0.137. The molecule has 0 saturated carbocycles. The quantitative estimate of drug-likeness (QED) is 0.656. The number of hydrogen-bond donors (Lipinski definition) is 1. The number of aryl methyl sites for hydroxylation is 1. The SMILES string of the molecule is Cc1ccc(NC2=C(c3ccccc3)C(=O)N(Cc3ccc(F)cc3)C2=O)cc1. The Balaban J connectivity index is 1.71. The first-order valence-electron chi connectivity index (χ1n) is 9.27. The van der Waals surface area contributed by atoms with Gasteiger partial charge in [0.2, 0.25) is 0 Å². The van der Waals surface area contributed by atoms with E-state index in [1.54, 1.807) is 24.3 Å². The van der Waals surface area contributed by atoms with Crippen molar-refractivity contribution in [1.29, 1.82) is 0 Å². The standard InChI is InChI=1S/C24H19FN2O2/c1-16-7-13-20(14-8-16)26-22-21(18-5-3-2-4-6-18)23(28)27(24(22)29)15-17-9-11-19(25)12-10-17/h2-14,26H,15H2,1H3. The molecule has 0 bridgehead atoms. The third-order valence-corrected chi connectivity index (χ3v) is 4.81. The number of anilines is 1. The third-order valence-electron chi connectivity index (χ3n) is 4.81. The maximum absolute atomic E-state index is 13.2. The molecule has 0 spiro atoms. The van der Waals surface area contributed by atoms with Gasteiger partial charge in [-0.15, -0.1) is 0 Å². The fourth-order valence-electron chi connectivity index (χ4n) is 3.26. The number of amides is 2. The van der Waals surface area contributed by atoms with E-state index in [2.05, 4.69) is 5.32 Å². The zero-order chi connectivity index (χ0) is 20.4. The molecule has 3 aromatic rings. The van der Waals surface area contributed by atoms with Crippen LogP contribution >= 0.6 is 0 Å². The first kappa shape index (κ1) is 18.6. The smallest absolute Gasteiger partial charge is 0.278 e. The minimum atomic E-state index is -0.404. The molecule has 1 N–H and O–H groups in total. The molecule has 3 aromatic carbocycles. The lowest BCUT2D eigenvalue weighted by Crippen LogP contribution is -2.32. The Bertz CT molecular complexity index is 1090. The van der Waals surface area contributed by atoms with E-state index in [9.17, 15) is 14.0 Å². The largest absolute Gasteiger partial charge is 0.350 e. The number of carbonyl (C=O) groups excluding carboxylic acids is 2. The molecule has 0 atom stereocenters. The van der Waals surface area contributed by atoms with Crippen molar-refractivity contribution >= 4 is 23.1 Å². The van der Waals surface area contributed by atoms with Crippen LogP contribution < -0.4 is 5.32 Å². The summed E-state index contributed by atoms with van der Waals surface area (Å²) in [5.41, 5.74) is 3.74. The number of benzene rings is 3. The summed E-state index contributed by atoms with van der Waals surface area (Å²) in [7, 11) is 0. The highest BCUT2D eigenvalue weighted by molar-refractivity contribution is 6.36. The van der Waals surface area contributed by atoms with Gasteiger partial charge in [0.05, 0.1) is 12.1 Å². The summed E-state index contributed by atoms with van der Waals surface area (Å²) >= 11 is 0. The van der Waals surface area contributed by atoms with Gasteiger partial charge in [-0.05, 0) is 42.3 Å². The van der Waals surface area contributed by atoms with E-state index >= 15 is 0 Å². The lowest BCUT2D eigenvalue weighted by atomic mass is 10.0. The molecular formula is C24H19FN2O2. The molecule has 0 unspecified atom stereocenters. The van der Waals surface area contributed by atoms with E-state index in [1.807, 2.05) is 49.4 Å². The molecule has 4 rings (SSSR count). The number of halogens is 1. The van der Waals surface area contributed by atoms with Gasteiger partial charge < -0.3 is 5.32 Å². The van der Waals surface area contributed by atoms with Crippen LogP contribution in [-0.4, -0.2) is 16.7 Å². The van der Waals surface area contributed by atoms with Crippen molar-refractivity contribution in [3.05, 3.63) is 107 Å². The molecule has 29 heavy (non-hydrogen) atoms. The van der Waals surface area contributed by atoms with Crippen molar-refractivity contribution in [2.45, 2.75) is 13.5 Å². The molecule has 0 radical (unpaired) electrons. The molecule has 144 valence electrons. The van der Waals surface area contributed by atoms with Crippen LogP contribution in [0.25, 0.3) is 5.57 Å². The number of nitrogens with zero attached hydrogens (tertiary/aromatic N) is 1. The fourth-order valence-corrected chi connectivity index (χ4v) is 3.26. The van der Waals surface area contributed by atoms with Gasteiger partial charge in [0.25, 0.3) is 11.8 Å². The average Bonchev–Trinajstić information content (AvgIpc) is 2.96. The molecule has 2 amide bonds. The molecule has 1 heterocycles. The Morgan fingerprint density at radius 2 is 1.48 bits per heavy atom. The van der Waals surface area contributed by atoms with E-state index in [1.165, 1.54) is 17.0 Å². The lowest BCUT2D eigenvalue weighted by Gasteiger charge is -2.15. The third kappa shape index (κ3) is 3.80. The van der Waals surface area contributed by atoms with Crippen LogP contribution in [0.4, 0.5) is 10.1 Å². The zero-order valence-corrected chi connectivity index (χ0v) is 15.9. The molecule has 0 aliphatic carbocycles. The van der Waals surface area contributed by atoms with Gasteiger partial charge in [0.15, 0.2) is 0 Å².